The summed E-state index contributed by atoms with van der Waals surface area (Å²) in [6, 6.07) is 9.60. The van der Waals surface area contributed by atoms with Crippen LogP contribution < -0.4 is 11.2 Å². The van der Waals surface area contributed by atoms with Crippen molar-refractivity contribution >= 4 is 22.7 Å². The van der Waals surface area contributed by atoms with Gasteiger partial charge in [0, 0.05) is 60.9 Å². The van der Waals surface area contributed by atoms with Gasteiger partial charge in [0.25, 0.3) is 5.56 Å². The van der Waals surface area contributed by atoms with Crippen molar-refractivity contribution in [3.63, 3.8) is 0 Å². The molecule has 4 aromatic rings. The largest absolute Gasteiger partial charge is 0.376 e. The Balaban J connectivity index is 1.51. The number of thioether (sulfide) groups is 1. The second-order valence-corrected chi connectivity index (χ2v) is 8.91. The highest BCUT2D eigenvalue weighted by molar-refractivity contribution is 7.98. The van der Waals surface area contributed by atoms with E-state index >= 15 is 0 Å². The van der Waals surface area contributed by atoms with E-state index in [0.717, 1.165) is 51.5 Å². The molecule has 9 nitrogen and oxygen atoms in total. The summed E-state index contributed by atoms with van der Waals surface area (Å²) in [6.45, 7) is 1.42. The van der Waals surface area contributed by atoms with E-state index in [1.54, 1.807) is 7.05 Å². The van der Waals surface area contributed by atoms with E-state index in [4.69, 9.17) is 4.74 Å². The predicted octanol–water partition coefficient (Wildman–Crippen LogP) is 2.30. The minimum Gasteiger partial charge on any atom is -0.376 e. The third kappa shape index (κ3) is 3.69. The molecule has 0 amide bonds. The highest BCUT2D eigenvalue weighted by Crippen LogP contribution is 2.32. The van der Waals surface area contributed by atoms with Gasteiger partial charge < -0.3 is 9.72 Å². The topological polar surface area (TPSA) is 99.7 Å². The van der Waals surface area contributed by atoms with Gasteiger partial charge in [-0.15, -0.1) is 10.2 Å². The normalized spacial score (nSPS) is 16.2. The fraction of sp³-hybridized carbons (Fsp3) is 0.364. The molecule has 1 aromatic carbocycles. The van der Waals surface area contributed by atoms with Gasteiger partial charge in [-0.05, 0) is 18.9 Å². The number of fused-ring (bicyclic) bond motifs is 1. The summed E-state index contributed by atoms with van der Waals surface area (Å²) in [5.74, 6) is 1.21. The monoisotopic (exact) mass is 452 g/mol. The number of rotatable bonds is 6. The summed E-state index contributed by atoms with van der Waals surface area (Å²) in [4.78, 5) is 27.7. The molecule has 1 unspecified atom stereocenters. The molecule has 1 fully saturated rings. The number of aromatic nitrogens is 6. The quantitative estimate of drug-likeness (QED) is 0.451. The first kappa shape index (κ1) is 20.8. The van der Waals surface area contributed by atoms with Crippen LogP contribution in [-0.4, -0.2) is 41.6 Å². The van der Waals surface area contributed by atoms with E-state index in [1.165, 1.54) is 29.4 Å². The number of nitrogens with zero attached hydrogens (tertiary/aromatic N) is 5. The van der Waals surface area contributed by atoms with Crippen molar-refractivity contribution in [1.29, 1.82) is 0 Å². The van der Waals surface area contributed by atoms with Crippen molar-refractivity contribution < 1.29 is 4.74 Å². The van der Waals surface area contributed by atoms with Gasteiger partial charge in [-0.1, -0.05) is 30.0 Å². The molecule has 4 heterocycles. The van der Waals surface area contributed by atoms with E-state index in [-0.39, 0.29) is 17.4 Å². The lowest BCUT2D eigenvalue weighted by atomic mass is 10.1. The maximum atomic E-state index is 12.3. The number of para-hydroxylation sites is 1. The van der Waals surface area contributed by atoms with Crippen LogP contribution in [0.1, 0.15) is 18.5 Å². The standard InChI is InChI=1S/C22H24N6O3S/c1-26-14(10-19(29)27(2)22(26)30)13-32-21-25-24-20(28(21)12-15-6-5-9-31-15)17-11-23-18-8-4-3-7-16(17)18/h3-4,7-8,10-11,15,23H,5-6,9,12-13H2,1-2H3. The van der Waals surface area contributed by atoms with Gasteiger partial charge in [-0.2, -0.15) is 0 Å². The Hall–Kier alpha value is -3.11. The van der Waals surface area contributed by atoms with E-state index in [2.05, 4.69) is 25.8 Å². The van der Waals surface area contributed by atoms with Crippen LogP contribution in [0, 0.1) is 0 Å². The molecule has 166 valence electrons. The summed E-state index contributed by atoms with van der Waals surface area (Å²) < 4.78 is 10.6. The first-order chi connectivity index (χ1) is 15.5. The van der Waals surface area contributed by atoms with Crippen molar-refractivity contribution in [3.8, 4) is 11.4 Å². The maximum Gasteiger partial charge on any atom is 0.330 e. The van der Waals surface area contributed by atoms with E-state index in [9.17, 15) is 9.59 Å². The minimum atomic E-state index is -0.339. The zero-order chi connectivity index (χ0) is 22.2. The molecule has 0 spiro atoms. The van der Waals surface area contributed by atoms with Crippen LogP contribution in [0.25, 0.3) is 22.3 Å². The summed E-state index contributed by atoms with van der Waals surface area (Å²) in [5, 5.41) is 10.8. The summed E-state index contributed by atoms with van der Waals surface area (Å²) >= 11 is 1.46. The molecule has 1 N–H and O–H groups in total. The van der Waals surface area contributed by atoms with Gasteiger partial charge in [0.15, 0.2) is 11.0 Å². The zero-order valence-electron chi connectivity index (χ0n) is 17.9. The van der Waals surface area contributed by atoms with Crippen LogP contribution in [0.15, 0.2) is 51.3 Å². The Kier molecular flexibility index (Phi) is 5.48. The number of H-pyrrole nitrogens is 1. The first-order valence-electron chi connectivity index (χ1n) is 10.5. The molecule has 1 saturated heterocycles. The molecule has 1 aliphatic heterocycles. The van der Waals surface area contributed by atoms with Crippen LogP contribution >= 0.6 is 11.8 Å². The number of hydrogen-bond donors (Lipinski definition) is 1. The fourth-order valence-corrected chi connectivity index (χ4v) is 5.03. The van der Waals surface area contributed by atoms with E-state index in [1.807, 2.05) is 24.4 Å². The number of hydrogen-bond acceptors (Lipinski definition) is 6. The highest BCUT2D eigenvalue weighted by Gasteiger charge is 2.23. The molecule has 32 heavy (non-hydrogen) atoms. The second kappa shape index (κ2) is 8.44. The van der Waals surface area contributed by atoms with Crippen molar-refractivity contribution in [2.45, 2.75) is 36.4 Å². The third-order valence-corrected chi connectivity index (χ3v) is 6.93. The molecule has 5 rings (SSSR count). The molecule has 0 saturated carbocycles. The van der Waals surface area contributed by atoms with Crippen LogP contribution in [0.5, 0.6) is 0 Å². The smallest absolute Gasteiger partial charge is 0.330 e. The molecule has 0 radical (unpaired) electrons. The summed E-state index contributed by atoms with van der Waals surface area (Å²) in [6.07, 6.45) is 4.12. The van der Waals surface area contributed by atoms with E-state index < -0.39 is 0 Å². The van der Waals surface area contributed by atoms with Crippen LogP contribution in [0.4, 0.5) is 0 Å². The molecule has 0 aliphatic carbocycles. The zero-order valence-corrected chi connectivity index (χ0v) is 18.8. The molecule has 0 bridgehead atoms. The van der Waals surface area contributed by atoms with E-state index in [0.29, 0.717) is 18.0 Å². The number of aromatic amines is 1. The van der Waals surface area contributed by atoms with Gasteiger partial charge in [0.05, 0.1) is 12.6 Å². The minimum absolute atomic E-state index is 0.114. The van der Waals surface area contributed by atoms with Crippen LogP contribution in [0.3, 0.4) is 0 Å². The van der Waals surface area contributed by atoms with Gasteiger partial charge in [-0.25, -0.2) is 4.79 Å². The molecular weight excluding hydrogens is 428 g/mol. The Bertz CT molecular complexity index is 1390. The van der Waals surface area contributed by atoms with Gasteiger partial charge in [0.2, 0.25) is 0 Å². The predicted molar refractivity (Wildman–Crippen MR) is 123 cm³/mol. The Morgan fingerprint density at radius 3 is 2.84 bits per heavy atom. The van der Waals surface area contributed by atoms with Gasteiger partial charge in [0.1, 0.15) is 0 Å². The highest BCUT2D eigenvalue weighted by atomic mass is 32.2. The summed E-state index contributed by atoms with van der Waals surface area (Å²) in [5.41, 5.74) is 2.01. The maximum absolute atomic E-state index is 12.3. The molecule has 10 heteroatoms. The Morgan fingerprint density at radius 2 is 2.03 bits per heavy atom. The van der Waals surface area contributed by atoms with Crippen molar-refractivity contribution in [1.82, 2.24) is 28.9 Å². The third-order valence-electron chi connectivity index (χ3n) is 5.93. The fourth-order valence-electron chi connectivity index (χ4n) is 4.06. The number of ether oxygens (including phenoxy) is 1. The number of nitrogens with one attached hydrogen (secondary N) is 1. The molecule has 1 atom stereocenters. The lowest BCUT2D eigenvalue weighted by Gasteiger charge is -2.15. The van der Waals surface area contributed by atoms with Crippen molar-refractivity contribution in [2.24, 2.45) is 14.1 Å². The summed E-state index contributed by atoms with van der Waals surface area (Å²) in [7, 11) is 3.15. The SMILES string of the molecule is Cn1c(CSc2nnc(-c3c[nH]c4ccccc34)n2CC2CCCO2)cc(=O)n(C)c1=O. The van der Waals surface area contributed by atoms with Crippen LogP contribution in [0.2, 0.25) is 0 Å². The lowest BCUT2D eigenvalue weighted by molar-refractivity contribution is 0.0953. The average Bonchev–Trinajstić information content (AvgIpc) is 3.54. The lowest BCUT2D eigenvalue weighted by Crippen LogP contribution is -2.37. The molecule has 3 aromatic heterocycles. The Labute approximate surface area is 188 Å². The molecular formula is C22H24N6O3S. The average molecular weight is 453 g/mol. The Morgan fingerprint density at radius 1 is 1.19 bits per heavy atom. The second-order valence-electron chi connectivity index (χ2n) is 7.96. The first-order valence-corrected chi connectivity index (χ1v) is 11.5. The van der Waals surface area contributed by atoms with Crippen molar-refractivity contribution in [3.05, 3.63) is 63.1 Å². The van der Waals surface area contributed by atoms with Gasteiger partial charge in [-0.3, -0.25) is 18.5 Å². The number of benzene rings is 1. The van der Waals surface area contributed by atoms with Crippen molar-refractivity contribution in [2.75, 3.05) is 6.61 Å². The molecule has 1 aliphatic rings. The van der Waals surface area contributed by atoms with Crippen LogP contribution in [-0.2, 0) is 31.1 Å². The van der Waals surface area contributed by atoms with Gasteiger partial charge >= 0.3 is 5.69 Å².